The molecule has 2 aromatic rings. The molecular weight excluding hydrogens is 352 g/mol. The molecule has 0 spiro atoms. The van der Waals surface area contributed by atoms with Crippen molar-refractivity contribution >= 4 is 22.8 Å². The smallest absolute Gasteiger partial charge is 0.219 e. The molecule has 2 N–H and O–H groups in total. The van der Waals surface area contributed by atoms with Crippen LogP contribution >= 0.6 is 0 Å². The summed E-state index contributed by atoms with van der Waals surface area (Å²) >= 11 is 0. The molecule has 1 amide bonds. The number of rotatable bonds is 4. The fourth-order valence-corrected chi connectivity index (χ4v) is 4.73. The lowest BCUT2D eigenvalue weighted by Gasteiger charge is -2.42. The van der Waals surface area contributed by atoms with Crippen molar-refractivity contribution in [1.29, 1.82) is 0 Å². The molecule has 1 aliphatic heterocycles. The summed E-state index contributed by atoms with van der Waals surface area (Å²) < 4.78 is 0. The SMILES string of the molecule is CC(=O)N1CCN(C2CCC(Nc3ncnc4[nH]cc(C(C)C)c34)CC2)CC1. The van der Waals surface area contributed by atoms with Gasteiger partial charge < -0.3 is 15.2 Å². The molecule has 1 saturated carbocycles. The van der Waals surface area contributed by atoms with Crippen LogP contribution in [0.1, 0.15) is 57.9 Å². The molecule has 1 saturated heterocycles. The maximum atomic E-state index is 11.5. The highest BCUT2D eigenvalue weighted by Gasteiger charge is 2.29. The number of piperazine rings is 1. The second-order valence-corrected chi connectivity index (χ2v) is 8.54. The number of anilines is 1. The molecule has 28 heavy (non-hydrogen) atoms. The molecule has 0 aromatic carbocycles. The van der Waals surface area contributed by atoms with Gasteiger partial charge in [0.1, 0.15) is 17.8 Å². The summed E-state index contributed by atoms with van der Waals surface area (Å²) in [6.07, 6.45) is 8.43. The first-order chi connectivity index (χ1) is 13.5. The molecule has 0 atom stereocenters. The van der Waals surface area contributed by atoms with Crippen LogP contribution in [-0.4, -0.2) is 68.9 Å². The molecule has 0 radical (unpaired) electrons. The zero-order valence-corrected chi connectivity index (χ0v) is 17.2. The van der Waals surface area contributed by atoms with Crippen molar-refractivity contribution in [3.63, 3.8) is 0 Å². The lowest BCUT2D eigenvalue weighted by atomic mass is 9.89. The van der Waals surface area contributed by atoms with Gasteiger partial charge in [-0.1, -0.05) is 13.8 Å². The number of nitrogens with zero attached hydrogens (tertiary/aromatic N) is 4. The Morgan fingerprint density at radius 3 is 2.50 bits per heavy atom. The van der Waals surface area contributed by atoms with Gasteiger partial charge in [0.15, 0.2) is 0 Å². The molecule has 7 nitrogen and oxygen atoms in total. The van der Waals surface area contributed by atoms with E-state index in [1.807, 2.05) is 4.90 Å². The van der Waals surface area contributed by atoms with E-state index in [1.54, 1.807) is 13.3 Å². The molecule has 4 rings (SSSR count). The van der Waals surface area contributed by atoms with Gasteiger partial charge in [-0.05, 0) is 37.2 Å². The predicted molar refractivity (Wildman–Crippen MR) is 111 cm³/mol. The molecule has 2 aliphatic rings. The third kappa shape index (κ3) is 3.85. The van der Waals surface area contributed by atoms with Crippen molar-refractivity contribution in [2.75, 3.05) is 31.5 Å². The minimum absolute atomic E-state index is 0.203. The van der Waals surface area contributed by atoms with E-state index in [-0.39, 0.29) is 5.91 Å². The molecule has 0 bridgehead atoms. The van der Waals surface area contributed by atoms with Crippen LogP contribution in [0.3, 0.4) is 0 Å². The fourth-order valence-electron chi connectivity index (χ4n) is 4.73. The van der Waals surface area contributed by atoms with Crippen molar-refractivity contribution in [2.24, 2.45) is 0 Å². The Hall–Kier alpha value is -2.15. The summed E-state index contributed by atoms with van der Waals surface area (Å²) in [7, 11) is 0. The standard InChI is InChI=1S/C21H32N6O/c1-14(2)18-12-22-20-19(18)21(24-13-23-20)25-16-4-6-17(7-5-16)27-10-8-26(9-11-27)15(3)28/h12-14,16-17H,4-11H2,1-3H3,(H2,22,23,24,25). The van der Waals surface area contributed by atoms with E-state index in [0.29, 0.717) is 18.0 Å². The zero-order valence-electron chi connectivity index (χ0n) is 17.2. The number of nitrogens with one attached hydrogen (secondary N) is 2. The Labute approximate surface area is 166 Å². The Balaban J connectivity index is 1.36. The van der Waals surface area contributed by atoms with Crippen LogP contribution in [0.25, 0.3) is 11.0 Å². The first kappa shape index (κ1) is 19.2. The Morgan fingerprint density at radius 1 is 1.14 bits per heavy atom. The average molecular weight is 385 g/mol. The number of carbonyl (C=O) groups is 1. The highest BCUT2D eigenvalue weighted by atomic mass is 16.2. The lowest BCUT2D eigenvalue weighted by Crippen LogP contribution is -2.52. The van der Waals surface area contributed by atoms with Crippen molar-refractivity contribution in [2.45, 2.75) is 64.5 Å². The second-order valence-electron chi connectivity index (χ2n) is 8.54. The van der Waals surface area contributed by atoms with Gasteiger partial charge in [-0.15, -0.1) is 0 Å². The lowest BCUT2D eigenvalue weighted by molar-refractivity contribution is -0.131. The van der Waals surface area contributed by atoms with Gasteiger partial charge in [0, 0.05) is 51.4 Å². The highest BCUT2D eigenvalue weighted by Crippen LogP contribution is 2.31. The van der Waals surface area contributed by atoms with E-state index in [2.05, 4.69) is 45.2 Å². The zero-order chi connectivity index (χ0) is 19.7. The minimum Gasteiger partial charge on any atom is -0.367 e. The number of fused-ring (bicyclic) bond motifs is 1. The first-order valence-corrected chi connectivity index (χ1v) is 10.6. The molecule has 1 aliphatic carbocycles. The van der Waals surface area contributed by atoms with E-state index in [4.69, 9.17) is 0 Å². The topological polar surface area (TPSA) is 77.2 Å². The number of amides is 1. The number of carbonyl (C=O) groups excluding carboxylic acids is 1. The minimum atomic E-state index is 0.203. The molecule has 3 heterocycles. The van der Waals surface area contributed by atoms with Gasteiger partial charge in [0.05, 0.1) is 5.39 Å². The van der Waals surface area contributed by atoms with Crippen LogP contribution in [0.2, 0.25) is 0 Å². The molecule has 152 valence electrons. The Morgan fingerprint density at radius 2 is 1.86 bits per heavy atom. The van der Waals surface area contributed by atoms with Crippen LogP contribution in [-0.2, 0) is 4.79 Å². The monoisotopic (exact) mass is 384 g/mol. The van der Waals surface area contributed by atoms with Crippen LogP contribution in [0, 0.1) is 0 Å². The number of aromatic nitrogens is 3. The summed E-state index contributed by atoms with van der Waals surface area (Å²) in [6.45, 7) is 9.85. The van der Waals surface area contributed by atoms with Crippen LogP contribution in [0.4, 0.5) is 5.82 Å². The maximum absolute atomic E-state index is 11.5. The van der Waals surface area contributed by atoms with E-state index < -0.39 is 0 Å². The molecule has 0 unspecified atom stereocenters. The molecule has 7 heteroatoms. The van der Waals surface area contributed by atoms with Gasteiger partial charge in [0.25, 0.3) is 0 Å². The van der Waals surface area contributed by atoms with Gasteiger partial charge >= 0.3 is 0 Å². The summed E-state index contributed by atoms with van der Waals surface area (Å²) in [5.41, 5.74) is 2.19. The quantitative estimate of drug-likeness (QED) is 0.847. The second kappa shape index (κ2) is 8.07. The van der Waals surface area contributed by atoms with E-state index >= 15 is 0 Å². The van der Waals surface area contributed by atoms with Gasteiger partial charge in [-0.2, -0.15) is 0 Å². The Kier molecular flexibility index (Phi) is 5.53. The first-order valence-electron chi connectivity index (χ1n) is 10.6. The number of aromatic amines is 1. The third-order valence-corrected chi connectivity index (χ3v) is 6.44. The van der Waals surface area contributed by atoms with Crippen LogP contribution < -0.4 is 5.32 Å². The van der Waals surface area contributed by atoms with Crippen LogP contribution in [0.15, 0.2) is 12.5 Å². The third-order valence-electron chi connectivity index (χ3n) is 6.44. The normalized spacial score (nSPS) is 24.1. The van der Waals surface area contributed by atoms with Crippen molar-refractivity contribution in [3.05, 3.63) is 18.1 Å². The highest BCUT2D eigenvalue weighted by molar-refractivity contribution is 5.90. The van der Waals surface area contributed by atoms with E-state index in [1.165, 1.54) is 18.4 Å². The number of hydrogen-bond donors (Lipinski definition) is 2. The maximum Gasteiger partial charge on any atom is 0.219 e. The molecule has 2 fully saturated rings. The van der Waals surface area contributed by atoms with Crippen LogP contribution in [0.5, 0.6) is 0 Å². The van der Waals surface area contributed by atoms with E-state index in [0.717, 1.165) is 55.9 Å². The summed E-state index contributed by atoms with van der Waals surface area (Å²) in [5.74, 6) is 1.60. The number of H-pyrrole nitrogens is 1. The summed E-state index contributed by atoms with van der Waals surface area (Å²) in [5, 5.41) is 4.85. The largest absolute Gasteiger partial charge is 0.367 e. The average Bonchev–Trinajstić information content (AvgIpc) is 3.14. The van der Waals surface area contributed by atoms with Gasteiger partial charge in [-0.3, -0.25) is 9.69 Å². The van der Waals surface area contributed by atoms with Gasteiger partial charge in [0.2, 0.25) is 5.91 Å². The van der Waals surface area contributed by atoms with Gasteiger partial charge in [-0.25, -0.2) is 9.97 Å². The predicted octanol–water partition coefficient (Wildman–Crippen LogP) is 2.97. The van der Waals surface area contributed by atoms with E-state index in [9.17, 15) is 4.79 Å². The molecular formula is C21H32N6O. The summed E-state index contributed by atoms with van der Waals surface area (Å²) in [4.78, 5) is 28.3. The Bertz CT molecular complexity index is 815. The fraction of sp³-hybridized carbons (Fsp3) is 0.667. The van der Waals surface area contributed by atoms with Crippen molar-refractivity contribution < 1.29 is 4.79 Å². The molecule has 2 aromatic heterocycles. The number of hydrogen-bond acceptors (Lipinski definition) is 5. The van der Waals surface area contributed by atoms with Crippen molar-refractivity contribution in [1.82, 2.24) is 24.8 Å². The van der Waals surface area contributed by atoms with Crippen molar-refractivity contribution in [3.8, 4) is 0 Å². The summed E-state index contributed by atoms with van der Waals surface area (Å²) in [6, 6.07) is 1.11.